The number of likely N-dealkylation sites (N-methyl/N-ethyl adjacent to an activating group) is 1. The molecule has 0 aromatic heterocycles. The van der Waals surface area contributed by atoms with Crippen LogP contribution in [0.5, 0.6) is 0 Å². The summed E-state index contributed by atoms with van der Waals surface area (Å²) in [5.41, 5.74) is 0.776. The zero-order valence-electron chi connectivity index (χ0n) is 10.9. The first-order valence-electron chi connectivity index (χ1n) is 6.55. The molecule has 18 heavy (non-hydrogen) atoms. The zero-order chi connectivity index (χ0) is 13.1. The Hall–Kier alpha value is -0.450. The highest BCUT2D eigenvalue weighted by molar-refractivity contribution is 9.10. The molecule has 1 aromatic rings. The summed E-state index contributed by atoms with van der Waals surface area (Å²) < 4.78 is 14.9. The summed E-state index contributed by atoms with van der Waals surface area (Å²) in [6.45, 7) is 7.25. The minimum absolute atomic E-state index is 0.109. The minimum Gasteiger partial charge on any atom is -0.315 e. The molecule has 1 N–H and O–H groups in total. The van der Waals surface area contributed by atoms with Crippen LogP contribution in [0.4, 0.5) is 4.39 Å². The van der Waals surface area contributed by atoms with E-state index in [0.717, 1.165) is 36.1 Å². The molecule has 2 rings (SSSR count). The monoisotopic (exact) mass is 314 g/mol. The van der Waals surface area contributed by atoms with Crippen LogP contribution in [0.15, 0.2) is 22.7 Å². The number of benzene rings is 1. The van der Waals surface area contributed by atoms with Crippen LogP contribution in [0.2, 0.25) is 0 Å². The fourth-order valence-electron chi connectivity index (χ4n) is 2.78. The van der Waals surface area contributed by atoms with Crippen molar-refractivity contribution in [2.45, 2.75) is 32.4 Å². The number of nitrogens with zero attached hydrogens (tertiary/aromatic N) is 1. The van der Waals surface area contributed by atoms with Gasteiger partial charge in [0.15, 0.2) is 0 Å². The highest BCUT2D eigenvalue weighted by atomic mass is 79.9. The van der Waals surface area contributed by atoms with Gasteiger partial charge in [-0.1, -0.05) is 22.9 Å². The fourth-order valence-corrected chi connectivity index (χ4v) is 3.16. The lowest BCUT2D eigenvalue weighted by molar-refractivity contribution is 0.160. The lowest BCUT2D eigenvalue weighted by Gasteiger charge is -2.33. The summed E-state index contributed by atoms with van der Waals surface area (Å²) in [7, 11) is 0. The first kappa shape index (κ1) is 14.0. The second kappa shape index (κ2) is 6.13. The second-order valence-corrected chi connectivity index (χ2v) is 5.73. The standard InChI is InChI=1S/C14H20BrFN2/c1-3-18(12-6-7-17-9-12)10(2)13-8-11(15)4-5-14(13)16/h4-5,8,10,12,17H,3,6-7,9H2,1-2H3. The van der Waals surface area contributed by atoms with Crippen molar-refractivity contribution in [3.8, 4) is 0 Å². The molecule has 0 amide bonds. The quantitative estimate of drug-likeness (QED) is 0.917. The van der Waals surface area contributed by atoms with Gasteiger partial charge in [0.05, 0.1) is 0 Å². The van der Waals surface area contributed by atoms with E-state index >= 15 is 0 Å². The molecule has 0 saturated carbocycles. The van der Waals surface area contributed by atoms with E-state index in [1.165, 1.54) is 6.07 Å². The molecule has 100 valence electrons. The largest absolute Gasteiger partial charge is 0.315 e. The number of rotatable bonds is 4. The van der Waals surface area contributed by atoms with E-state index in [1.54, 1.807) is 6.07 Å². The van der Waals surface area contributed by atoms with Crippen molar-refractivity contribution < 1.29 is 4.39 Å². The molecule has 0 aliphatic carbocycles. The Kier molecular flexibility index (Phi) is 4.76. The third kappa shape index (κ3) is 2.92. The molecule has 1 aliphatic rings. The number of hydrogen-bond donors (Lipinski definition) is 1. The van der Waals surface area contributed by atoms with Crippen LogP contribution < -0.4 is 5.32 Å². The van der Waals surface area contributed by atoms with Crippen molar-refractivity contribution in [3.63, 3.8) is 0 Å². The highest BCUT2D eigenvalue weighted by Crippen LogP contribution is 2.28. The Morgan fingerprint density at radius 3 is 2.94 bits per heavy atom. The summed E-state index contributed by atoms with van der Waals surface area (Å²) in [6, 6.07) is 5.81. The molecule has 2 nitrogen and oxygen atoms in total. The molecule has 1 aliphatic heterocycles. The van der Waals surface area contributed by atoms with Gasteiger partial charge >= 0.3 is 0 Å². The van der Waals surface area contributed by atoms with Crippen LogP contribution in [-0.4, -0.2) is 30.6 Å². The topological polar surface area (TPSA) is 15.3 Å². The Morgan fingerprint density at radius 2 is 2.33 bits per heavy atom. The first-order valence-corrected chi connectivity index (χ1v) is 7.34. The van der Waals surface area contributed by atoms with Crippen LogP contribution in [0.25, 0.3) is 0 Å². The average molecular weight is 315 g/mol. The van der Waals surface area contributed by atoms with Crippen molar-refractivity contribution in [3.05, 3.63) is 34.1 Å². The van der Waals surface area contributed by atoms with Gasteiger partial charge in [0.25, 0.3) is 0 Å². The van der Waals surface area contributed by atoms with Crippen molar-refractivity contribution in [2.75, 3.05) is 19.6 Å². The summed E-state index contributed by atoms with van der Waals surface area (Å²) in [5.74, 6) is -0.116. The molecule has 0 radical (unpaired) electrons. The minimum atomic E-state index is -0.116. The maximum Gasteiger partial charge on any atom is 0.128 e. The molecule has 0 spiro atoms. The first-order chi connectivity index (χ1) is 8.63. The van der Waals surface area contributed by atoms with Crippen LogP contribution in [-0.2, 0) is 0 Å². The van der Waals surface area contributed by atoms with E-state index in [0.29, 0.717) is 6.04 Å². The van der Waals surface area contributed by atoms with Crippen LogP contribution in [0.1, 0.15) is 31.9 Å². The molecule has 1 aromatic carbocycles. The van der Waals surface area contributed by atoms with E-state index < -0.39 is 0 Å². The summed E-state index contributed by atoms with van der Waals surface area (Å²) in [6.07, 6.45) is 1.15. The van der Waals surface area contributed by atoms with Crippen molar-refractivity contribution in [2.24, 2.45) is 0 Å². The summed E-state index contributed by atoms with van der Waals surface area (Å²) in [5, 5.41) is 3.37. The van der Waals surface area contributed by atoms with Gasteiger partial charge in [0, 0.05) is 28.7 Å². The SMILES string of the molecule is CCN(C1CCNC1)C(C)c1cc(Br)ccc1F. The molecule has 1 saturated heterocycles. The van der Waals surface area contributed by atoms with E-state index in [1.807, 2.05) is 6.07 Å². The maximum absolute atomic E-state index is 13.9. The lowest BCUT2D eigenvalue weighted by Crippen LogP contribution is -2.38. The van der Waals surface area contributed by atoms with Gasteiger partial charge in [-0.25, -0.2) is 4.39 Å². The number of nitrogens with one attached hydrogen (secondary N) is 1. The lowest BCUT2D eigenvalue weighted by atomic mass is 10.0. The summed E-state index contributed by atoms with van der Waals surface area (Å²) in [4.78, 5) is 2.38. The van der Waals surface area contributed by atoms with Crippen molar-refractivity contribution >= 4 is 15.9 Å². The highest BCUT2D eigenvalue weighted by Gasteiger charge is 2.27. The number of halogens is 2. The molecule has 0 bridgehead atoms. The van der Waals surface area contributed by atoms with Crippen molar-refractivity contribution in [1.82, 2.24) is 10.2 Å². The molecule has 2 unspecified atom stereocenters. The molecule has 2 atom stereocenters. The van der Waals surface area contributed by atoms with Gasteiger partial charge in [-0.3, -0.25) is 4.90 Å². The second-order valence-electron chi connectivity index (χ2n) is 4.82. The third-order valence-corrected chi connectivity index (χ3v) is 4.27. The Labute approximate surface area is 117 Å². The predicted molar refractivity (Wildman–Crippen MR) is 76.2 cm³/mol. The van der Waals surface area contributed by atoms with Crippen molar-refractivity contribution in [1.29, 1.82) is 0 Å². The molecule has 1 fully saturated rings. The van der Waals surface area contributed by atoms with Crippen LogP contribution in [0.3, 0.4) is 0 Å². The van der Waals surface area contributed by atoms with Crippen LogP contribution in [0, 0.1) is 5.82 Å². The molecular formula is C14H20BrFN2. The zero-order valence-corrected chi connectivity index (χ0v) is 12.5. The fraction of sp³-hybridized carbons (Fsp3) is 0.571. The van der Waals surface area contributed by atoms with Gasteiger partial charge < -0.3 is 5.32 Å². The van der Waals surface area contributed by atoms with Gasteiger partial charge in [-0.2, -0.15) is 0 Å². The van der Waals surface area contributed by atoms with E-state index in [-0.39, 0.29) is 11.9 Å². The molecule has 4 heteroatoms. The smallest absolute Gasteiger partial charge is 0.128 e. The normalized spacial score (nSPS) is 21.5. The summed E-state index contributed by atoms with van der Waals surface area (Å²) >= 11 is 3.42. The van der Waals surface area contributed by atoms with E-state index in [4.69, 9.17) is 0 Å². The Balaban J connectivity index is 2.21. The predicted octanol–water partition coefficient (Wildman–Crippen LogP) is 3.33. The van der Waals surface area contributed by atoms with Gasteiger partial charge in [-0.05, 0) is 44.6 Å². The number of hydrogen-bond acceptors (Lipinski definition) is 2. The molecule has 1 heterocycles. The van der Waals surface area contributed by atoms with Gasteiger partial charge in [-0.15, -0.1) is 0 Å². The average Bonchev–Trinajstić information content (AvgIpc) is 2.87. The van der Waals surface area contributed by atoms with Crippen LogP contribution >= 0.6 is 15.9 Å². The Morgan fingerprint density at radius 1 is 1.56 bits per heavy atom. The third-order valence-electron chi connectivity index (χ3n) is 3.77. The van der Waals surface area contributed by atoms with E-state index in [2.05, 4.69) is 40.0 Å². The Bertz CT molecular complexity index is 405. The maximum atomic E-state index is 13.9. The van der Waals surface area contributed by atoms with E-state index in [9.17, 15) is 4.39 Å². The van der Waals surface area contributed by atoms with Gasteiger partial charge in [0.2, 0.25) is 0 Å². The van der Waals surface area contributed by atoms with Gasteiger partial charge in [0.1, 0.15) is 5.82 Å². The molecular weight excluding hydrogens is 295 g/mol.